The van der Waals surface area contributed by atoms with Gasteiger partial charge in [-0.25, -0.2) is 5.01 Å². The van der Waals surface area contributed by atoms with Gasteiger partial charge in [-0.1, -0.05) is 6.07 Å². The molecular formula is C24H26N4O4. The van der Waals surface area contributed by atoms with E-state index in [1.807, 2.05) is 18.2 Å². The van der Waals surface area contributed by atoms with Crippen LogP contribution in [-0.2, 0) is 22.7 Å². The van der Waals surface area contributed by atoms with Crippen LogP contribution in [0.3, 0.4) is 0 Å². The number of aliphatic hydroxyl groups excluding tert-OH is 1. The molecule has 32 heavy (non-hydrogen) atoms. The molecule has 3 aliphatic rings. The van der Waals surface area contributed by atoms with Gasteiger partial charge in [0, 0.05) is 49.9 Å². The molecular weight excluding hydrogens is 408 g/mol. The predicted octanol–water partition coefficient (Wildman–Crippen LogP) is 1.97. The molecule has 2 saturated heterocycles. The topological polar surface area (TPSA) is 94.1 Å². The number of amides is 3. The fourth-order valence-corrected chi connectivity index (χ4v) is 4.83. The lowest BCUT2D eigenvalue weighted by Gasteiger charge is -2.32. The summed E-state index contributed by atoms with van der Waals surface area (Å²) in [6.45, 7) is 3.13. The van der Waals surface area contributed by atoms with Gasteiger partial charge in [0.1, 0.15) is 0 Å². The van der Waals surface area contributed by atoms with Crippen LogP contribution >= 0.6 is 0 Å². The Bertz CT molecular complexity index is 1070. The van der Waals surface area contributed by atoms with Crippen molar-refractivity contribution < 1.29 is 19.5 Å². The van der Waals surface area contributed by atoms with Crippen LogP contribution in [0.25, 0.3) is 11.3 Å². The summed E-state index contributed by atoms with van der Waals surface area (Å²) in [4.78, 5) is 44.3. The smallest absolute Gasteiger partial charge is 0.273 e. The summed E-state index contributed by atoms with van der Waals surface area (Å²) in [7, 11) is 0. The molecule has 8 nitrogen and oxygen atoms in total. The molecule has 1 aromatic carbocycles. The third kappa shape index (κ3) is 3.80. The third-order valence-corrected chi connectivity index (χ3v) is 6.54. The molecule has 0 unspecified atom stereocenters. The molecule has 5 rings (SSSR count). The van der Waals surface area contributed by atoms with Gasteiger partial charge in [0.05, 0.1) is 12.2 Å². The Morgan fingerprint density at radius 1 is 1.06 bits per heavy atom. The average Bonchev–Trinajstić information content (AvgIpc) is 3.38. The van der Waals surface area contributed by atoms with Crippen molar-refractivity contribution in [3.05, 3.63) is 53.2 Å². The van der Waals surface area contributed by atoms with Crippen LogP contribution in [0.2, 0.25) is 0 Å². The van der Waals surface area contributed by atoms with Crippen LogP contribution in [0.4, 0.5) is 0 Å². The number of imide groups is 1. The second-order valence-electron chi connectivity index (χ2n) is 8.81. The van der Waals surface area contributed by atoms with Crippen molar-refractivity contribution in [2.45, 2.75) is 38.8 Å². The van der Waals surface area contributed by atoms with E-state index in [1.165, 1.54) is 5.01 Å². The molecule has 1 atom stereocenters. The normalized spacial score (nSPS) is 21.5. The van der Waals surface area contributed by atoms with Crippen LogP contribution < -0.4 is 0 Å². The highest BCUT2D eigenvalue weighted by molar-refractivity contribution is 6.04. The van der Waals surface area contributed by atoms with Crippen LogP contribution in [-0.4, -0.2) is 62.4 Å². The molecule has 3 aliphatic heterocycles. The molecule has 0 bridgehead atoms. The minimum atomic E-state index is -0.317. The fraction of sp³-hybridized carbons (Fsp3) is 0.417. The van der Waals surface area contributed by atoms with Crippen molar-refractivity contribution in [2.24, 2.45) is 5.92 Å². The Balaban J connectivity index is 1.35. The van der Waals surface area contributed by atoms with Crippen molar-refractivity contribution in [2.75, 3.05) is 19.7 Å². The Morgan fingerprint density at radius 3 is 2.62 bits per heavy atom. The minimum Gasteiger partial charge on any atom is -0.396 e. The first-order valence-corrected chi connectivity index (χ1v) is 11.1. The molecule has 2 fully saturated rings. The lowest BCUT2D eigenvalue weighted by Crippen LogP contribution is -2.51. The number of fused-ring (bicyclic) bond motifs is 1. The van der Waals surface area contributed by atoms with Crippen molar-refractivity contribution in [1.29, 1.82) is 0 Å². The maximum atomic E-state index is 12.9. The van der Waals surface area contributed by atoms with Gasteiger partial charge >= 0.3 is 0 Å². The van der Waals surface area contributed by atoms with Crippen molar-refractivity contribution in [3.63, 3.8) is 0 Å². The van der Waals surface area contributed by atoms with Gasteiger partial charge in [0.2, 0.25) is 11.8 Å². The first-order valence-electron chi connectivity index (χ1n) is 11.1. The van der Waals surface area contributed by atoms with Gasteiger partial charge in [-0.15, -0.1) is 0 Å². The van der Waals surface area contributed by atoms with E-state index in [-0.39, 0.29) is 43.7 Å². The third-order valence-electron chi connectivity index (χ3n) is 6.54. The zero-order valence-electron chi connectivity index (χ0n) is 17.9. The summed E-state index contributed by atoms with van der Waals surface area (Å²) < 4.78 is 0. The van der Waals surface area contributed by atoms with E-state index in [1.54, 1.807) is 12.3 Å². The molecule has 0 aliphatic carbocycles. The Labute approximate surface area is 186 Å². The monoisotopic (exact) mass is 434 g/mol. The summed E-state index contributed by atoms with van der Waals surface area (Å²) in [6, 6.07) is 9.61. The van der Waals surface area contributed by atoms with Gasteiger partial charge in [-0.05, 0) is 60.7 Å². The number of hydrogen-bond acceptors (Lipinski definition) is 6. The van der Waals surface area contributed by atoms with Crippen LogP contribution in [0.15, 0.2) is 36.5 Å². The molecule has 166 valence electrons. The summed E-state index contributed by atoms with van der Waals surface area (Å²) >= 11 is 0. The molecule has 8 heteroatoms. The first-order chi connectivity index (χ1) is 15.5. The number of hydrazine groups is 1. The Kier molecular flexibility index (Phi) is 5.48. The standard InChI is InChI=1S/C24H26N4O4/c29-15-17-7-9-26(13-17)12-16-6-8-25-21(10-16)18-4-5-20-19(11-18)14-27(24(20)32)28-22(30)2-1-3-23(28)31/h4-6,8,10-11,17,29H,1-3,7,9,12-15H2/t17-/m0/s1. The largest absolute Gasteiger partial charge is 0.396 e. The number of hydrogen-bond donors (Lipinski definition) is 1. The number of pyridine rings is 1. The molecule has 4 heterocycles. The quantitative estimate of drug-likeness (QED) is 0.724. The number of nitrogens with zero attached hydrogens (tertiary/aromatic N) is 4. The summed E-state index contributed by atoms with van der Waals surface area (Å²) in [5, 5.41) is 11.7. The highest BCUT2D eigenvalue weighted by Gasteiger charge is 2.39. The molecule has 0 radical (unpaired) electrons. The summed E-state index contributed by atoms with van der Waals surface area (Å²) in [5.41, 5.74) is 4.17. The minimum absolute atomic E-state index is 0.204. The number of piperidine rings is 1. The van der Waals surface area contributed by atoms with Crippen LogP contribution in [0.5, 0.6) is 0 Å². The van der Waals surface area contributed by atoms with Gasteiger partial charge in [-0.2, -0.15) is 5.01 Å². The molecule has 1 N–H and O–H groups in total. The van der Waals surface area contributed by atoms with E-state index >= 15 is 0 Å². The number of carbonyl (C=O) groups excluding carboxylic acids is 3. The van der Waals surface area contributed by atoms with Crippen molar-refractivity contribution in [3.8, 4) is 11.3 Å². The van der Waals surface area contributed by atoms with Crippen molar-refractivity contribution >= 4 is 17.7 Å². The summed E-state index contributed by atoms with van der Waals surface area (Å²) in [5.74, 6) is -0.596. The second-order valence-corrected chi connectivity index (χ2v) is 8.81. The van der Waals surface area contributed by atoms with E-state index < -0.39 is 0 Å². The lowest BCUT2D eigenvalue weighted by atomic mass is 10.0. The zero-order valence-corrected chi connectivity index (χ0v) is 17.9. The Hall–Kier alpha value is -3.10. The maximum Gasteiger partial charge on any atom is 0.273 e. The molecule has 0 saturated carbocycles. The van der Waals surface area contributed by atoms with E-state index in [4.69, 9.17) is 0 Å². The maximum absolute atomic E-state index is 12.9. The fourth-order valence-electron chi connectivity index (χ4n) is 4.83. The van der Waals surface area contributed by atoms with E-state index in [0.717, 1.165) is 53.4 Å². The van der Waals surface area contributed by atoms with Gasteiger partial charge in [0.25, 0.3) is 5.91 Å². The SMILES string of the molecule is O=C1c2ccc(-c3cc(CN4CC[C@H](CO)C4)ccn3)cc2CN1N1C(=O)CCCC1=O. The molecule has 0 spiro atoms. The van der Waals surface area contributed by atoms with E-state index in [9.17, 15) is 19.5 Å². The molecule has 2 aromatic rings. The lowest BCUT2D eigenvalue weighted by molar-refractivity contribution is -0.163. The highest BCUT2D eigenvalue weighted by atomic mass is 16.3. The van der Waals surface area contributed by atoms with Gasteiger partial charge in [-0.3, -0.25) is 24.3 Å². The van der Waals surface area contributed by atoms with Crippen LogP contribution in [0, 0.1) is 5.92 Å². The van der Waals surface area contributed by atoms with E-state index in [2.05, 4.69) is 16.0 Å². The number of aromatic nitrogens is 1. The number of benzene rings is 1. The number of rotatable bonds is 5. The van der Waals surface area contributed by atoms with Gasteiger partial charge in [0.15, 0.2) is 0 Å². The highest BCUT2D eigenvalue weighted by Crippen LogP contribution is 2.31. The number of aliphatic hydroxyl groups is 1. The number of carbonyl (C=O) groups is 3. The second kappa shape index (κ2) is 8.44. The molecule has 1 aromatic heterocycles. The van der Waals surface area contributed by atoms with Gasteiger partial charge < -0.3 is 5.11 Å². The van der Waals surface area contributed by atoms with E-state index in [0.29, 0.717) is 17.9 Å². The number of likely N-dealkylation sites (tertiary alicyclic amines) is 1. The first kappa shape index (κ1) is 20.8. The Morgan fingerprint density at radius 2 is 1.88 bits per heavy atom. The average molecular weight is 434 g/mol. The predicted molar refractivity (Wildman–Crippen MR) is 116 cm³/mol. The molecule has 3 amide bonds. The summed E-state index contributed by atoms with van der Waals surface area (Å²) in [6.07, 6.45) is 3.91. The van der Waals surface area contributed by atoms with Crippen LogP contribution in [0.1, 0.15) is 47.2 Å². The zero-order chi connectivity index (χ0) is 22.2. The van der Waals surface area contributed by atoms with Crippen molar-refractivity contribution in [1.82, 2.24) is 19.9 Å².